The van der Waals surface area contributed by atoms with Gasteiger partial charge in [0.2, 0.25) is 5.91 Å². The van der Waals surface area contributed by atoms with Crippen molar-refractivity contribution in [1.29, 1.82) is 0 Å². The summed E-state index contributed by atoms with van der Waals surface area (Å²) in [5, 5.41) is 13.6. The van der Waals surface area contributed by atoms with Crippen LogP contribution in [-0.2, 0) is 17.9 Å². The summed E-state index contributed by atoms with van der Waals surface area (Å²) in [6, 6.07) is 11.4. The van der Waals surface area contributed by atoms with Crippen molar-refractivity contribution in [3.05, 3.63) is 46.7 Å². The number of amides is 3. The zero-order chi connectivity index (χ0) is 19.3. The van der Waals surface area contributed by atoms with E-state index in [2.05, 4.69) is 15.5 Å². The maximum atomic E-state index is 12.7. The lowest BCUT2D eigenvalue weighted by molar-refractivity contribution is -0.132. The van der Waals surface area contributed by atoms with Crippen molar-refractivity contribution in [1.82, 2.24) is 30.1 Å². The molecule has 0 aliphatic carbocycles. The van der Waals surface area contributed by atoms with E-state index in [0.717, 1.165) is 22.3 Å². The second-order valence-electron chi connectivity index (χ2n) is 6.68. The largest absolute Gasteiger partial charge is 0.339 e. The number of nitrogens with zero attached hydrogens (tertiary/aromatic N) is 5. The maximum absolute atomic E-state index is 12.7. The van der Waals surface area contributed by atoms with E-state index >= 15 is 0 Å². The van der Waals surface area contributed by atoms with Crippen LogP contribution >= 0.6 is 11.3 Å². The van der Waals surface area contributed by atoms with Crippen molar-refractivity contribution < 1.29 is 9.59 Å². The van der Waals surface area contributed by atoms with Crippen molar-refractivity contribution in [2.24, 2.45) is 0 Å². The average Bonchev–Trinajstić information content (AvgIpc) is 3.29. The van der Waals surface area contributed by atoms with Crippen molar-refractivity contribution in [3.8, 4) is 0 Å². The van der Waals surface area contributed by atoms with E-state index in [-0.39, 0.29) is 18.5 Å². The molecule has 1 aliphatic rings. The summed E-state index contributed by atoms with van der Waals surface area (Å²) in [6.45, 7) is 2.97. The summed E-state index contributed by atoms with van der Waals surface area (Å²) in [6.07, 6.45) is 0.757. The summed E-state index contributed by atoms with van der Waals surface area (Å²) in [5.41, 5.74) is 1.56. The smallest absolute Gasteiger partial charge is 0.317 e. The van der Waals surface area contributed by atoms with Gasteiger partial charge in [0, 0.05) is 31.1 Å². The Morgan fingerprint density at radius 3 is 2.39 bits per heavy atom. The van der Waals surface area contributed by atoms with Gasteiger partial charge in [0.15, 0.2) is 0 Å². The van der Waals surface area contributed by atoms with Gasteiger partial charge in [-0.15, -0.1) is 11.3 Å². The van der Waals surface area contributed by atoms with E-state index < -0.39 is 0 Å². The Morgan fingerprint density at radius 2 is 1.68 bits per heavy atom. The number of thiophene rings is 1. The highest BCUT2D eigenvalue weighted by molar-refractivity contribution is 7.09. The zero-order valence-corrected chi connectivity index (χ0v) is 16.3. The molecule has 0 unspecified atom stereocenters. The van der Waals surface area contributed by atoms with Gasteiger partial charge >= 0.3 is 6.03 Å². The summed E-state index contributed by atoms with van der Waals surface area (Å²) in [7, 11) is 0. The standard InChI is InChI=1S/C19H22N6O2S/c26-18(14-25-21-16-6-1-2-7-17(16)22-25)23-8-4-9-24(11-10-23)19(27)20-13-15-5-3-12-28-15/h1-3,5-7,12H,4,8-11,13-14H2,(H,20,27). The van der Waals surface area contributed by atoms with E-state index in [0.29, 0.717) is 32.7 Å². The molecule has 0 saturated carbocycles. The molecule has 4 rings (SSSR count). The van der Waals surface area contributed by atoms with E-state index in [1.54, 1.807) is 21.1 Å². The Hall–Kier alpha value is -2.94. The topological polar surface area (TPSA) is 83.4 Å². The van der Waals surface area contributed by atoms with E-state index in [9.17, 15) is 9.59 Å². The minimum Gasteiger partial charge on any atom is -0.339 e. The van der Waals surface area contributed by atoms with E-state index in [1.807, 2.05) is 41.8 Å². The van der Waals surface area contributed by atoms with Gasteiger partial charge in [0.1, 0.15) is 17.6 Å². The first-order chi connectivity index (χ1) is 13.7. The second kappa shape index (κ2) is 8.39. The Kier molecular flexibility index (Phi) is 5.52. The molecule has 146 valence electrons. The van der Waals surface area contributed by atoms with Crippen LogP contribution in [-0.4, -0.2) is 62.9 Å². The molecule has 1 saturated heterocycles. The third kappa shape index (κ3) is 4.30. The van der Waals surface area contributed by atoms with Crippen LogP contribution in [0.1, 0.15) is 11.3 Å². The number of rotatable bonds is 4. The summed E-state index contributed by atoms with van der Waals surface area (Å²) in [4.78, 5) is 31.2. The molecule has 3 amide bonds. The minimum absolute atomic E-state index is 0.0267. The first-order valence-electron chi connectivity index (χ1n) is 9.32. The molecule has 1 aliphatic heterocycles. The highest BCUT2D eigenvalue weighted by Gasteiger charge is 2.22. The van der Waals surface area contributed by atoms with Crippen LogP contribution in [0.15, 0.2) is 41.8 Å². The molecule has 1 fully saturated rings. The van der Waals surface area contributed by atoms with Crippen LogP contribution in [0.3, 0.4) is 0 Å². The molecular weight excluding hydrogens is 376 g/mol. The highest BCUT2D eigenvalue weighted by atomic mass is 32.1. The van der Waals surface area contributed by atoms with Gasteiger partial charge in [-0.25, -0.2) is 4.79 Å². The number of fused-ring (bicyclic) bond motifs is 1. The van der Waals surface area contributed by atoms with Gasteiger partial charge < -0.3 is 15.1 Å². The van der Waals surface area contributed by atoms with E-state index in [4.69, 9.17) is 0 Å². The lowest BCUT2D eigenvalue weighted by Gasteiger charge is -2.22. The molecule has 0 radical (unpaired) electrons. The van der Waals surface area contributed by atoms with Crippen molar-refractivity contribution in [2.45, 2.75) is 19.5 Å². The molecule has 0 atom stereocenters. The van der Waals surface area contributed by atoms with Crippen LogP contribution in [0.2, 0.25) is 0 Å². The predicted octanol–water partition coefficient (Wildman–Crippen LogP) is 1.94. The molecule has 0 bridgehead atoms. The number of carbonyl (C=O) groups excluding carboxylic acids is 2. The Morgan fingerprint density at radius 1 is 0.964 bits per heavy atom. The maximum Gasteiger partial charge on any atom is 0.317 e. The normalized spacial score (nSPS) is 14.9. The molecule has 2 aromatic heterocycles. The van der Waals surface area contributed by atoms with Crippen molar-refractivity contribution >= 4 is 34.3 Å². The fourth-order valence-electron chi connectivity index (χ4n) is 3.25. The number of hydrogen-bond donors (Lipinski definition) is 1. The fourth-order valence-corrected chi connectivity index (χ4v) is 3.90. The van der Waals surface area contributed by atoms with E-state index in [1.165, 1.54) is 4.80 Å². The lowest BCUT2D eigenvalue weighted by atomic mass is 10.3. The van der Waals surface area contributed by atoms with Gasteiger partial charge in [-0.1, -0.05) is 18.2 Å². The van der Waals surface area contributed by atoms with Gasteiger partial charge in [-0.2, -0.15) is 15.0 Å². The third-order valence-corrected chi connectivity index (χ3v) is 5.61. The number of aromatic nitrogens is 3. The Labute approximate surface area is 166 Å². The summed E-state index contributed by atoms with van der Waals surface area (Å²) < 4.78 is 0. The quantitative estimate of drug-likeness (QED) is 0.728. The average molecular weight is 398 g/mol. The third-order valence-electron chi connectivity index (χ3n) is 4.73. The SMILES string of the molecule is O=C(Cn1nc2ccccc2n1)N1CCCN(C(=O)NCc2cccs2)CC1. The number of hydrogen-bond acceptors (Lipinski definition) is 5. The number of nitrogens with one attached hydrogen (secondary N) is 1. The lowest BCUT2D eigenvalue weighted by Crippen LogP contribution is -2.42. The number of urea groups is 1. The van der Waals surface area contributed by atoms with Crippen LogP contribution in [0.4, 0.5) is 4.79 Å². The summed E-state index contributed by atoms with van der Waals surface area (Å²) >= 11 is 1.62. The summed E-state index contributed by atoms with van der Waals surface area (Å²) in [5.74, 6) is -0.0267. The Bertz CT molecular complexity index is 921. The fraction of sp³-hybridized carbons (Fsp3) is 0.368. The minimum atomic E-state index is -0.0808. The zero-order valence-electron chi connectivity index (χ0n) is 15.5. The van der Waals surface area contributed by atoms with Crippen LogP contribution < -0.4 is 5.32 Å². The highest BCUT2D eigenvalue weighted by Crippen LogP contribution is 2.10. The van der Waals surface area contributed by atoms with Crippen LogP contribution in [0.25, 0.3) is 11.0 Å². The number of carbonyl (C=O) groups is 2. The first-order valence-corrected chi connectivity index (χ1v) is 10.2. The second-order valence-corrected chi connectivity index (χ2v) is 7.71. The van der Waals surface area contributed by atoms with Crippen molar-refractivity contribution in [2.75, 3.05) is 26.2 Å². The molecule has 0 spiro atoms. The van der Waals surface area contributed by atoms with Gasteiger partial charge in [0.05, 0.1) is 6.54 Å². The van der Waals surface area contributed by atoms with Crippen molar-refractivity contribution in [3.63, 3.8) is 0 Å². The first kappa shape index (κ1) is 18.4. The molecular formula is C19H22N6O2S. The van der Waals surface area contributed by atoms with Crippen LogP contribution in [0, 0.1) is 0 Å². The van der Waals surface area contributed by atoms with Crippen LogP contribution in [0.5, 0.6) is 0 Å². The molecule has 3 heterocycles. The molecule has 28 heavy (non-hydrogen) atoms. The number of benzene rings is 1. The van der Waals surface area contributed by atoms with Gasteiger partial charge in [-0.05, 0) is 30.0 Å². The van der Waals surface area contributed by atoms with Gasteiger partial charge in [-0.3, -0.25) is 4.79 Å². The molecule has 1 aromatic carbocycles. The predicted molar refractivity (Wildman–Crippen MR) is 107 cm³/mol. The molecule has 1 N–H and O–H groups in total. The molecule has 9 heteroatoms. The van der Waals surface area contributed by atoms with Gasteiger partial charge in [0.25, 0.3) is 0 Å². The Balaban J connectivity index is 1.30. The molecule has 8 nitrogen and oxygen atoms in total. The monoisotopic (exact) mass is 398 g/mol. The molecule has 3 aromatic rings.